The number of oxazole rings is 1. The molecule has 4 rings (SSSR count). The number of carbonyl (C=O) groups is 1. The third-order valence-electron chi connectivity index (χ3n) is 5.78. The first kappa shape index (κ1) is 26.5. The van der Waals surface area contributed by atoms with Crippen molar-refractivity contribution >= 4 is 17.6 Å². The fraction of sp³-hybridized carbons (Fsp3) is 0.310. The predicted octanol–water partition coefficient (Wildman–Crippen LogP) is 6.82. The van der Waals surface area contributed by atoms with Crippen LogP contribution in [-0.4, -0.2) is 28.1 Å². The largest absolute Gasteiger partial charge is 0.475 e. The number of hydrogen-bond donors (Lipinski definition) is 0. The van der Waals surface area contributed by atoms with Crippen LogP contribution in [0.15, 0.2) is 75.8 Å². The van der Waals surface area contributed by atoms with E-state index in [2.05, 4.69) is 4.90 Å². The number of furan rings is 1. The van der Waals surface area contributed by atoms with Gasteiger partial charge in [0, 0.05) is 18.7 Å². The van der Waals surface area contributed by atoms with E-state index in [1.165, 1.54) is 0 Å². The number of hydrogen-bond acceptors (Lipinski definition) is 7. The fourth-order valence-electron chi connectivity index (χ4n) is 3.89. The second kappa shape index (κ2) is 11.7. The molecule has 0 N–H and O–H groups in total. The zero-order valence-corrected chi connectivity index (χ0v) is 22.2. The molecule has 2 aromatic heterocycles. The second-order valence-corrected chi connectivity index (χ2v) is 9.62. The fourth-order valence-corrected chi connectivity index (χ4v) is 4.13. The predicted molar refractivity (Wildman–Crippen MR) is 141 cm³/mol. The Morgan fingerprint density at radius 2 is 1.84 bits per heavy atom. The highest BCUT2D eigenvalue weighted by molar-refractivity contribution is 6.32. The summed E-state index contributed by atoms with van der Waals surface area (Å²) in [5.41, 5.74) is 1.60. The molecule has 0 spiro atoms. The highest BCUT2D eigenvalue weighted by atomic mass is 35.5. The minimum atomic E-state index is -1.16. The SMILES string of the molecule is CCOC(=O)C(C)(C)Oc1ccc(CN(Cc2ccco2)Cc2nc(-c3ccccc3)oc2C)cc1Cl. The lowest BCUT2D eigenvalue weighted by Gasteiger charge is -2.25. The van der Waals surface area contributed by atoms with E-state index in [0.717, 1.165) is 28.3 Å². The number of aromatic nitrogens is 1. The molecule has 4 aromatic rings. The Kier molecular flexibility index (Phi) is 8.36. The van der Waals surface area contributed by atoms with Crippen molar-refractivity contribution in [3.05, 3.63) is 94.7 Å². The van der Waals surface area contributed by atoms with Gasteiger partial charge in [0.05, 0.1) is 30.1 Å². The molecular formula is C29H31ClN2O5. The molecule has 0 aliphatic rings. The Hall–Kier alpha value is -3.55. The lowest BCUT2D eigenvalue weighted by Crippen LogP contribution is -2.39. The summed E-state index contributed by atoms with van der Waals surface area (Å²) in [6.07, 6.45) is 1.66. The quantitative estimate of drug-likeness (QED) is 0.200. The van der Waals surface area contributed by atoms with Crippen LogP contribution in [0.25, 0.3) is 11.5 Å². The number of aryl methyl sites for hydroxylation is 1. The maximum atomic E-state index is 12.2. The van der Waals surface area contributed by atoms with Crippen LogP contribution in [0.4, 0.5) is 0 Å². The normalized spacial score (nSPS) is 11.6. The van der Waals surface area contributed by atoms with Gasteiger partial charge in [0.2, 0.25) is 5.89 Å². The highest BCUT2D eigenvalue weighted by Gasteiger charge is 2.32. The summed E-state index contributed by atoms with van der Waals surface area (Å²) in [6, 6.07) is 19.2. The van der Waals surface area contributed by atoms with Gasteiger partial charge in [-0.25, -0.2) is 9.78 Å². The van der Waals surface area contributed by atoms with Gasteiger partial charge >= 0.3 is 5.97 Å². The maximum absolute atomic E-state index is 12.2. The molecule has 0 atom stereocenters. The van der Waals surface area contributed by atoms with E-state index in [0.29, 0.717) is 36.3 Å². The lowest BCUT2D eigenvalue weighted by molar-refractivity contribution is -0.158. The zero-order chi connectivity index (χ0) is 26.4. The summed E-state index contributed by atoms with van der Waals surface area (Å²) >= 11 is 6.56. The third-order valence-corrected chi connectivity index (χ3v) is 6.08. The molecule has 0 aliphatic heterocycles. The molecule has 194 valence electrons. The summed E-state index contributed by atoms with van der Waals surface area (Å²) in [4.78, 5) is 19.2. The molecule has 37 heavy (non-hydrogen) atoms. The average Bonchev–Trinajstić information content (AvgIpc) is 3.51. The van der Waals surface area contributed by atoms with E-state index >= 15 is 0 Å². The van der Waals surface area contributed by atoms with Crippen molar-refractivity contribution < 1.29 is 23.1 Å². The van der Waals surface area contributed by atoms with Crippen LogP contribution in [0, 0.1) is 6.92 Å². The number of halogens is 1. The Morgan fingerprint density at radius 3 is 2.51 bits per heavy atom. The Bertz CT molecular complexity index is 1320. The number of ether oxygens (including phenoxy) is 2. The van der Waals surface area contributed by atoms with Gasteiger partial charge in [-0.3, -0.25) is 4.90 Å². The van der Waals surface area contributed by atoms with Gasteiger partial charge in [-0.1, -0.05) is 35.9 Å². The molecule has 0 bridgehead atoms. The van der Waals surface area contributed by atoms with Gasteiger partial charge in [-0.05, 0) is 69.7 Å². The molecule has 0 radical (unpaired) electrons. The van der Waals surface area contributed by atoms with E-state index in [1.54, 1.807) is 33.1 Å². The van der Waals surface area contributed by atoms with Crippen molar-refractivity contribution in [2.75, 3.05) is 6.61 Å². The molecule has 7 nitrogen and oxygen atoms in total. The smallest absolute Gasteiger partial charge is 0.349 e. The standard InChI is InChI=1S/C29H31ClN2O5/c1-5-34-28(33)29(3,4)37-26-14-13-21(16-24(26)30)17-32(18-23-12-9-15-35-23)19-25-20(2)36-27(31-25)22-10-7-6-8-11-22/h6-16H,5,17-19H2,1-4H3. The van der Waals surface area contributed by atoms with Crippen LogP contribution >= 0.6 is 11.6 Å². The molecule has 2 heterocycles. The molecule has 0 saturated heterocycles. The zero-order valence-electron chi connectivity index (χ0n) is 21.5. The topological polar surface area (TPSA) is 77.9 Å². The summed E-state index contributed by atoms with van der Waals surface area (Å²) in [5.74, 6) is 2.18. The molecule has 2 aromatic carbocycles. The van der Waals surface area contributed by atoms with Crippen molar-refractivity contribution in [1.82, 2.24) is 9.88 Å². The molecule has 0 fully saturated rings. The molecular weight excluding hydrogens is 492 g/mol. The number of benzene rings is 2. The van der Waals surface area contributed by atoms with Gasteiger partial charge in [0.1, 0.15) is 17.3 Å². The van der Waals surface area contributed by atoms with Crippen molar-refractivity contribution in [2.45, 2.75) is 52.9 Å². The highest BCUT2D eigenvalue weighted by Crippen LogP contribution is 2.30. The monoisotopic (exact) mass is 522 g/mol. The molecule has 0 unspecified atom stereocenters. The van der Waals surface area contributed by atoms with Crippen LogP contribution in [0.5, 0.6) is 5.75 Å². The Labute approximate surface area is 222 Å². The van der Waals surface area contributed by atoms with Gasteiger partial charge in [-0.15, -0.1) is 0 Å². The third kappa shape index (κ3) is 6.81. The first-order chi connectivity index (χ1) is 17.7. The van der Waals surface area contributed by atoms with Gasteiger partial charge in [0.15, 0.2) is 5.60 Å². The summed E-state index contributed by atoms with van der Waals surface area (Å²) < 4.78 is 22.6. The summed E-state index contributed by atoms with van der Waals surface area (Å²) in [6.45, 7) is 8.98. The summed E-state index contributed by atoms with van der Waals surface area (Å²) in [7, 11) is 0. The average molecular weight is 523 g/mol. The van der Waals surface area contributed by atoms with Crippen molar-refractivity contribution in [1.29, 1.82) is 0 Å². The minimum Gasteiger partial charge on any atom is -0.475 e. The first-order valence-electron chi connectivity index (χ1n) is 12.2. The van der Waals surface area contributed by atoms with Crippen LogP contribution in [0.1, 0.15) is 43.5 Å². The minimum absolute atomic E-state index is 0.279. The first-order valence-corrected chi connectivity index (χ1v) is 12.5. The molecule has 8 heteroatoms. The molecule has 0 aliphatic carbocycles. The van der Waals surface area contributed by atoms with Crippen molar-refractivity contribution in [3.8, 4) is 17.2 Å². The number of esters is 1. The van der Waals surface area contributed by atoms with E-state index in [9.17, 15) is 4.79 Å². The van der Waals surface area contributed by atoms with E-state index in [-0.39, 0.29) is 6.61 Å². The number of nitrogens with zero attached hydrogens (tertiary/aromatic N) is 2. The lowest BCUT2D eigenvalue weighted by atomic mass is 10.1. The van der Waals surface area contributed by atoms with Crippen LogP contribution in [0.3, 0.4) is 0 Å². The van der Waals surface area contributed by atoms with E-state index < -0.39 is 11.6 Å². The Balaban J connectivity index is 1.52. The van der Waals surface area contributed by atoms with Crippen LogP contribution in [-0.2, 0) is 29.2 Å². The van der Waals surface area contributed by atoms with E-state index in [4.69, 9.17) is 34.9 Å². The number of rotatable bonds is 11. The van der Waals surface area contributed by atoms with Gasteiger partial charge < -0.3 is 18.3 Å². The maximum Gasteiger partial charge on any atom is 0.349 e. The molecule has 0 amide bonds. The van der Waals surface area contributed by atoms with Gasteiger partial charge in [-0.2, -0.15) is 0 Å². The number of carbonyl (C=O) groups excluding carboxylic acids is 1. The van der Waals surface area contributed by atoms with Crippen molar-refractivity contribution in [2.24, 2.45) is 0 Å². The van der Waals surface area contributed by atoms with Crippen molar-refractivity contribution in [3.63, 3.8) is 0 Å². The van der Waals surface area contributed by atoms with Crippen LogP contribution in [0.2, 0.25) is 5.02 Å². The van der Waals surface area contributed by atoms with Crippen LogP contribution < -0.4 is 4.74 Å². The Morgan fingerprint density at radius 1 is 1.05 bits per heavy atom. The molecule has 0 saturated carbocycles. The van der Waals surface area contributed by atoms with E-state index in [1.807, 2.05) is 61.5 Å². The summed E-state index contributed by atoms with van der Waals surface area (Å²) in [5, 5.41) is 0.414. The van der Waals surface area contributed by atoms with Gasteiger partial charge in [0.25, 0.3) is 0 Å². The second-order valence-electron chi connectivity index (χ2n) is 9.21.